The second kappa shape index (κ2) is 5.59. The maximum atomic E-state index is 13.6. The van der Waals surface area contributed by atoms with Gasteiger partial charge in [-0.2, -0.15) is 0 Å². The van der Waals surface area contributed by atoms with Crippen LogP contribution < -0.4 is 5.32 Å². The third-order valence-corrected chi connectivity index (χ3v) is 4.47. The van der Waals surface area contributed by atoms with Gasteiger partial charge in [0.25, 0.3) is 0 Å². The van der Waals surface area contributed by atoms with Gasteiger partial charge in [0, 0.05) is 25.2 Å². The van der Waals surface area contributed by atoms with Crippen LogP contribution in [0.25, 0.3) is 0 Å². The monoisotopic (exact) mass is 262 g/mol. The Labute approximate surface area is 115 Å². The van der Waals surface area contributed by atoms with Gasteiger partial charge < -0.3 is 5.32 Å². The van der Waals surface area contributed by atoms with Crippen LogP contribution in [0, 0.1) is 5.82 Å². The van der Waals surface area contributed by atoms with Gasteiger partial charge in [0.2, 0.25) is 0 Å². The summed E-state index contributed by atoms with van der Waals surface area (Å²) in [6, 6.07) is 6.66. The van der Waals surface area contributed by atoms with E-state index in [1.54, 1.807) is 6.07 Å². The quantitative estimate of drug-likeness (QED) is 0.848. The molecular formula is C16H23FN2. The Morgan fingerprint density at radius 3 is 2.89 bits per heavy atom. The van der Waals surface area contributed by atoms with Crippen LogP contribution in [0.4, 0.5) is 4.39 Å². The predicted octanol–water partition coefficient (Wildman–Crippen LogP) is 2.89. The van der Waals surface area contributed by atoms with E-state index in [0.29, 0.717) is 6.04 Å². The Bertz CT molecular complexity index is 442. The van der Waals surface area contributed by atoms with E-state index in [9.17, 15) is 4.39 Å². The number of hydrogen-bond donors (Lipinski definition) is 1. The summed E-state index contributed by atoms with van der Waals surface area (Å²) in [5.74, 6) is -0.0324. The molecule has 3 heteroatoms. The maximum Gasteiger partial charge on any atom is 0.126 e. The van der Waals surface area contributed by atoms with Gasteiger partial charge in [0.15, 0.2) is 0 Å². The Kier molecular flexibility index (Phi) is 3.85. The maximum absolute atomic E-state index is 13.6. The lowest BCUT2D eigenvalue weighted by atomic mass is 10.1. The van der Waals surface area contributed by atoms with E-state index in [1.807, 2.05) is 6.07 Å². The molecule has 3 rings (SSSR count). The summed E-state index contributed by atoms with van der Waals surface area (Å²) in [4.78, 5) is 2.55. The zero-order valence-electron chi connectivity index (χ0n) is 11.7. The van der Waals surface area contributed by atoms with Crippen molar-refractivity contribution in [1.29, 1.82) is 0 Å². The first kappa shape index (κ1) is 13.1. The van der Waals surface area contributed by atoms with Crippen LogP contribution in [-0.4, -0.2) is 30.6 Å². The molecule has 1 saturated carbocycles. The van der Waals surface area contributed by atoms with Gasteiger partial charge in [0.05, 0.1) is 0 Å². The average molecular weight is 262 g/mol. The van der Waals surface area contributed by atoms with Crippen LogP contribution in [0.2, 0.25) is 0 Å². The summed E-state index contributed by atoms with van der Waals surface area (Å²) >= 11 is 0. The van der Waals surface area contributed by atoms with Gasteiger partial charge in [-0.3, -0.25) is 4.90 Å². The molecule has 0 aliphatic heterocycles. The molecule has 2 nitrogen and oxygen atoms in total. The molecular weight excluding hydrogens is 239 g/mol. The smallest absolute Gasteiger partial charge is 0.126 e. The number of nitrogens with one attached hydrogen (secondary N) is 1. The van der Waals surface area contributed by atoms with Crippen molar-refractivity contribution in [2.24, 2.45) is 0 Å². The molecule has 1 fully saturated rings. The van der Waals surface area contributed by atoms with Crippen LogP contribution in [0.15, 0.2) is 18.2 Å². The lowest BCUT2D eigenvalue weighted by molar-refractivity contribution is 0.272. The fraction of sp³-hybridized carbons (Fsp3) is 0.625. The molecule has 1 atom stereocenters. The Morgan fingerprint density at radius 2 is 2.16 bits per heavy atom. The number of halogens is 1. The van der Waals surface area contributed by atoms with Crippen LogP contribution >= 0.6 is 0 Å². The van der Waals surface area contributed by atoms with Crippen molar-refractivity contribution in [3.05, 3.63) is 35.1 Å². The fourth-order valence-electron chi connectivity index (χ4n) is 3.24. The van der Waals surface area contributed by atoms with Crippen molar-refractivity contribution >= 4 is 0 Å². The third-order valence-electron chi connectivity index (χ3n) is 4.47. The summed E-state index contributed by atoms with van der Waals surface area (Å²) in [5.41, 5.74) is 2.10. The number of fused-ring (bicyclic) bond motifs is 1. The molecule has 0 saturated heterocycles. The lowest BCUT2D eigenvalue weighted by Crippen LogP contribution is -2.34. The fourth-order valence-corrected chi connectivity index (χ4v) is 3.24. The summed E-state index contributed by atoms with van der Waals surface area (Å²) in [7, 11) is 0. The van der Waals surface area contributed by atoms with Gasteiger partial charge in [-0.05, 0) is 49.4 Å². The molecule has 1 N–H and O–H groups in total. The van der Waals surface area contributed by atoms with Crippen molar-refractivity contribution < 1.29 is 4.39 Å². The molecule has 1 aromatic carbocycles. The minimum Gasteiger partial charge on any atom is -0.309 e. The lowest BCUT2D eigenvalue weighted by Gasteiger charge is -2.22. The molecule has 2 aliphatic rings. The highest BCUT2D eigenvalue weighted by molar-refractivity contribution is 5.35. The normalized spacial score (nSPS) is 21.9. The van der Waals surface area contributed by atoms with Crippen LogP contribution in [0.5, 0.6) is 0 Å². The molecule has 0 spiro atoms. The zero-order valence-corrected chi connectivity index (χ0v) is 11.7. The standard InChI is InChI=1S/C16H23FN2/c1-2-19(12-6-7-12)11-10-18-16-9-8-13-14(16)4-3-5-15(13)17/h3-5,12,16,18H,2,6-11H2,1H3. The molecule has 2 aliphatic carbocycles. The second-order valence-corrected chi connectivity index (χ2v) is 5.71. The van der Waals surface area contributed by atoms with Crippen LogP contribution in [0.1, 0.15) is 43.4 Å². The Morgan fingerprint density at radius 1 is 1.32 bits per heavy atom. The van der Waals surface area contributed by atoms with Crippen molar-refractivity contribution in [1.82, 2.24) is 10.2 Å². The zero-order chi connectivity index (χ0) is 13.2. The van der Waals surface area contributed by atoms with Gasteiger partial charge in [0.1, 0.15) is 5.82 Å². The first-order chi connectivity index (χ1) is 9.29. The average Bonchev–Trinajstić information content (AvgIpc) is 3.17. The highest BCUT2D eigenvalue weighted by Gasteiger charge is 2.28. The van der Waals surface area contributed by atoms with Gasteiger partial charge in [-0.25, -0.2) is 4.39 Å². The molecule has 0 amide bonds. The summed E-state index contributed by atoms with van der Waals surface area (Å²) in [5, 5.41) is 3.60. The van der Waals surface area contributed by atoms with Gasteiger partial charge in [-0.15, -0.1) is 0 Å². The number of hydrogen-bond acceptors (Lipinski definition) is 2. The summed E-state index contributed by atoms with van der Waals surface area (Å²) in [6.45, 7) is 5.49. The minimum absolute atomic E-state index is 0.0324. The molecule has 0 heterocycles. The first-order valence-corrected chi connectivity index (χ1v) is 7.54. The van der Waals surface area contributed by atoms with Crippen molar-refractivity contribution in [2.45, 2.75) is 44.7 Å². The highest BCUT2D eigenvalue weighted by Crippen LogP contribution is 2.32. The van der Waals surface area contributed by atoms with E-state index in [4.69, 9.17) is 0 Å². The van der Waals surface area contributed by atoms with Crippen molar-refractivity contribution in [2.75, 3.05) is 19.6 Å². The summed E-state index contributed by atoms with van der Waals surface area (Å²) in [6.07, 6.45) is 4.64. The molecule has 104 valence electrons. The number of nitrogens with zero attached hydrogens (tertiary/aromatic N) is 1. The van der Waals surface area contributed by atoms with Crippen LogP contribution in [0.3, 0.4) is 0 Å². The predicted molar refractivity (Wildman–Crippen MR) is 75.7 cm³/mol. The largest absolute Gasteiger partial charge is 0.309 e. The molecule has 1 aromatic rings. The van der Waals surface area contributed by atoms with E-state index in [1.165, 1.54) is 18.4 Å². The molecule has 1 unspecified atom stereocenters. The number of rotatable bonds is 6. The number of likely N-dealkylation sites (N-methyl/N-ethyl adjacent to an activating group) is 1. The molecule has 0 bridgehead atoms. The van der Waals surface area contributed by atoms with E-state index < -0.39 is 0 Å². The first-order valence-electron chi connectivity index (χ1n) is 7.54. The molecule has 19 heavy (non-hydrogen) atoms. The van der Waals surface area contributed by atoms with Gasteiger partial charge >= 0.3 is 0 Å². The summed E-state index contributed by atoms with van der Waals surface area (Å²) < 4.78 is 13.6. The topological polar surface area (TPSA) is 15.3 Å². The second-order valence-electron chi connectivity index (χ2n) is 5.71. The molecule has 0 radical (unpaired) electrons. The highest BCUT2D eigenvalue weighted by atomic mass is 19.1. The van der Waals surface area contributed by atoms with Gasteiger partial charge in [-0.1, -0.05) is 19.1 Å². The third kappa shape index (κ3) is 2.82. The number of benzene rings is 1. The van der Waals surface area contributed by atoms with E-state index in [-0.39, 0.29) is 5.82 Å². The van der Waals surface area contributed by atoms with Crippen molar-refractivity contribution in [3.8, 4) is 0 Å². The Balaban J connectivity index is 1.53. The van der Waals surface area contributed by atoms with Crippen LogP contribution in [-0.2, 0) is 6.42 Å². The molecule has 0 aromatic heterocycles. The van der Waals surface area contributed by atoms with E-state index in [2.05, 4.69) is 23.2 Å². The van der Waals surface area contributed by atoms with E-state index in [0.717, 1.165) is 44.1 Å². The SMILES string of the molecule is CCN(CCNC1CCc2c(F)cccc21)C1CC1. The Hall–Kier alpha value is -0.930. The van der Waals surface area contributed by atoms with E-state index >= 15 is 0 Å². The minimum atomic E-state index is -0.0324. The van der Waals surface area contributed by atoms with Crippen molar-refractivity contribution in [3.63, 3.8) is 0 Å².